The Morgan fingerprint density at radius 2 is 2.03 bits per heavy atom. The van der Waals surface area contributed by atoms with Crippen molar-refractivity contribution < 1.29 is 14.2 Å². The van der Waals surface area contributed by atoms with Gasteiger partial charge in [-0.2, -0.15) is 5.26 Å². The van der Waals surface area contributed by atoms with E-state index >= 15 is 0 Å². The molecule has 4 rings (SSSR count). The van der Waals surface area contributed by atoms with E-state index in [9.17, 15) is 5.26 Å². The van der Waals surface area contributed by atoms with Crippen LogP contribution in [0.2, 0.25) is 0 Å². The number of benzene rings is 2. The summed E-state index contributed by atoms with van der Waals surface area (Å²) in [6.07, 6.45) is 3.99. The number of thiazole rings is 1. The Morgan fingerprint density at radius 3 is 2.83 bits per heavy atom. The van der Waals surface area contributed by atoms with Gasteiger partial charge in [-0.25, -0.2) is 4.98 Å². The number of unbranched alkanes of at least 4 members (excludes halogenated alkanes) is 1. The molecular formula is C23H20N2O3S. The Hall–Kier alpha value is -3.30. The third-order valence-electron chi connectivity index (χ3n) is 4.48. The zero-order valence-electron chi connectivity index (χ0n) is 16.1. The van der Waals surface area contributed by atoms with E-state index in [0.29, 0.717) is 16.3 Å². The van der Waals surface area contributed by atoms with E-state index in [1.165, 1.54) is 11.3 Å². The number of rotatable bonds is 7. The molecule has 1 aliphatic heterocycles. The molecule has 0 saturated carbocycles. The van der Waals surface area contributed by atoms with Gasteiger partial charge in [-0.1, -0.05) is 25.5 Å². The molecule has 0 unspecified atom stereocenters. The number of allylic oxidation sites excluding steroid dienone is 1. The molecule has 0 aliphatic carbocycles. The van der Waals surface area contributed by atoms with Gasteiger partial charge in [0.25, 0.3) is 0 Å². The van der Waals surface area contributed by atoms with Gasteiger partial charge >= 0.3 is 0 Å². The number of hydrogen-bond donors (Lipinski definition) is 0. The second-order valence-electron chi connectivity index (χ2n) is 6.55. The topological polar surface area (TPSA) is 64.4 Å². The Labute approximate surface area is 173 Å². The molecule has 0 saturated heterocycles. The van der Waals surface area contributed by atoms with E-state index in [-0.39, 0.29) is 6.79 Å². The fourth-order valence-electron chi connectivity index (χ4n) is 2.89. The van der Waals surface area contributed by atoms with Gasteiger partial charge in [0.05, 0.1) is 17.9 Å². The maximum Gasteiger partial charge on any atom is 0.231 e. The predicted molar refractivity (Wildman–Crippen MR) is 114 cm³/mol. The van der Waals surface area contributed by atoms with Crippen molar-refractivity contribution in [1.29, 1.82) is 5.26 Å². The molecule has 5 nitrogen and oxygen atoms in total. The average Bonchev–Trinajstić information content (AvgIpc) is 3.42. The first-order valence-corrected chi connectivity index (χ1v) is 10.4. The molecule has 0 radical (unpaired) electrons. The average molecular weight is 404 g/mol. The first kappa shape index (κ1) is 19.0. The predicted octanol–water partition coefficient (Wildman–Crippen LogP) is 5.78. The summed E-state index contributed by atoms with van der Waals surface area (Å²) in [4.78, 5) is 4.65. The normalized spacial score (nSPS) is 12.6. The number of fused-ring (bicyclic) bond motifs is 1. The fraction of sp³-hybridized carbons (Fsp3) is 0.217. The van der Waals surface area contributed by atoms with Crippen LogP contribution >= 0.6 is 11.3 Å². The Kier molecular flexibility index (Phi) is 5.78. The van der Waals surface area contributed by atoms with E-state index in [1.54, 1.807) is 0 Å². The molecular weight excluding hydrogens is 384 g/mol. The third-order valence-corrected chi connectivity index (χ3v) is 5.36. The molecule has 6 heteroatoms. The van der Waals surface area contributed by atoms with Crippen LogP contribution in [-0.4, -0.2) is 18.4 Å². The summed E-state index contributed by atoms with van der Waals surface area (Å²) < 4.78 is 16.5. The van der Waals surface area contributed by atoms with E-state index in [1.807, 2.05) is 53.9 Å². The zero-order valence-corrected chi connectivity index (χ0v) is 16.9. The first-order valence-electron chi connectivity index (χ1n) is 9.47. The van der Waals surface area contributed by atoms with Crippen LogP contribution in [0.5, 0.6) is 17.2 Å². The van der Waals surface area contributed by atoms with Crippen molar-refractivity contribution in [2.45, 2.75) is 19.8 Å². The summed E-state index contributed by atoms with van der Waals surface area (Å²) in [5.74, 6) is 2.30. The molecule has 3 aromatic rings. The van der Waals surface area contributed by atoms with Crippen LogP contribution in [-0.2, 0) is 0 Å². The van der Waals surface area contributed by atoms with Crippen LogP contribution in [0.25, 0.3) is 22.9 Å². The monoisotopic (exact) mass is 404 g/mol. The van der Waals surface area contributed by atoms with Crippen LogP contribution in [0, 0.1) is 11.3 Å². The van der Waals surface area contributed by atoms with Gasteiger partial charge in [0, 0.05) is 10.9 Å². The van der Waals surface area contributed by atoms with Crippen molar-refractivity contribution in [1.82, 2.24) is 4.98 Å². The third kappa shape index (κ3) is 4.41. The van der Waals surface area contributed by atoms with Gasteiger partial charge in [-0.3, -0.25) is 0 Å². The summed E-state index contributed by atoms with van der Waals surface area (Å²) in [5.41, 5.74) is 3.21. The molecule has 0 N–H and O–H groups in total. The van der Waals surface area contributed by atoms with Crippen molar-refractivity contribution in [3.63, 3.8) is 0 Å². The lowest BCUT2D eigenvalue weighted by Gasteiger charge is -2.05. The number of nitriles is 1. The smallest absolute Gasteiger partial charge is 0.231 e. The van der Waals surface area contributed by atoms with E-state index in [2.05, 4.69) is 18.0 Å². The van der Waals surface area contributed by atoms with E-state index < -0.39 is 0 Å². The standard InChI is InChI=1S/C23H20N2O3S/c1-2-3-10-26-19-7-4-16(5-8-19)11-18(13-24)23-25-20(14-29-23)17-6-9-21-22(12-17)28-15-27-21/h4-9,11-12,14H,2-3,10,15H2,1H3. The van der Waals surface area contributed by atoms with Crippen molar-refractivity contribution in [2.75, 3.05) is 13.4 Å². The summed E-state index contributed by atoms with van der Waals surface area (Å²) in [5, 5.41) is 12.3. The lowest BCUT2D eigenvalue weighted by atomic mass is 10.1. The largest absolute Gasteiger partial charge is 0.494 e. The SMILES string of the molecule is CCCCOc1ccc(C=C(C#N)c2nc(-c3ccc4c(c3)OCO4)cs2)cc1. The maximum atomic E-state index is 9.63. The Balaban J connectivity index is 1.52. The highest BCUT2D eigenvalue weighted by Gasteiger charge is 2.16. The van der Waals surface area contributed by atoms with Gasteiger partial charge in [-0.05, 0) is 48.4 Å². The van der Waals surface area contributed by atoms with Crippen LogP contribution < -0.4 is 14.2 Å². The highest BCUT2D eigenvalue weighted by Crippen LogP contribution is 2.36. The quantitative estimate of drug-likeness (QED) is 0.369. The Morgan fingerprint density at radius 1 is 1.21 bits per heavy atom. The lowest BCUT2D eigenvalue weighted by molar-refractivity contribution is 0.174. The molecule has 1 aliphatic rings. The summed E-state index contributed by atoms with van der Waals surface area (Å²) in [6.45, 7) is 3.10. The van der Waals surface area contributed by atoms with E-state index in [4.69, 9.17) is 14.2 Å². The lowest BCUT2D eigenvalue weighted by Crippen LogP contribution is -1.95. The number of ether oxygens (including phenoxy) is 3. The van der Waals surface area contributed by atoms with E-state index in [0.717, 1.165) is 47.8 Å². The summed E-state index contributed by atoms with van der Waals surface area (Å²) >= 11 is 1.45. The minimum atomic E-state index is 0.241. The Bertz CT molecular complexity index is 1060. The van der Waals surface area contributed by atoms with Gasteiger partial charge in [0.1, 0.15) is 16.8 Å². The second-order valence-corrected chi connectivity index (χ2v) is 7.40. The highest BCUT2D eigenvalue weighted by atomic mass is 32.1. The molecule has 2 heterocycles. The first-order chi connectivity index (χ1) is 14.3. The molecule has 29 heavy (non-hydrogen) atoms. The van der Waals surface area contributed by atoms with Crippen molar-refractivity contribution in [3.05, 3.63) is 58.4 Å². The van der Waals surface area contributed by atoms with Gasteiger partial charge in [-0.15, -0.1) is 11.3 Å². The minimum absolute atomic E-state index is 0.241. The number of nitrogens with zero attached hydrogens (tertiary/aromatic N) is 2. The van der Waals surface area contributed by atoms with Gasteiger partial charge < -0.3 is 14.2 Å². The fourth-order valence-corrected chi connectivity index (χ4v) is 3.68. The molecule has 0 spiro atoms. The van der Waals surface area contributed by atoms with Crippen molar-refractivity contribution in [2.24, 2.45) is 0 Å². The van der Waals surface area contributed by atoms with Crippen molar-refractivity contribution in [3.8, 4) is 34.6 Å². The second kappa shape index (κ2) is 8.80. The van der Waals surface area contributed by atoms with Crippen LogP contribution in [0.1, 0.15) is 30.3 Å². The molecule has 0 fully saturated rings. The number of aromatic nitrogens is 1. The van der Waals surface area contributed by atoms with Gasteiger partial charge in [0.15, 0.2) is 11.5 Å². The molecule has 146 valence electrons. The van der Waals surface area contributed by atoms with Crippen molar-refractivity contribution >= 4 is 23.0 Å². The van der Waals surface area contributed by atoms with Crippen LogP contribution in [0.4, 0.5) is 0 Å². The maximum absolute atomic E-state index is 9.63. The molecule has 0 amide bonds. The number of hydrogen-bond acceptors (Lipinski definition) is 6. The summed E-state index contributed by atoms with van der Waals surface area (Å²) in [7, 11) is 0. The summed E-state index contributed by atoms with van der Waals surface area (Å²) in [6, 6.07) is 15.7. The molecule has 2 aromatic carbocycles. The molecule has 1 aromatic heterocycles. The van der Waals surface area contributed by atoms with Crippen LogP contribution in [0.3, 0.4) is 0 Å². The van der Waals surface area contributed by atoms with Gasteiger partial charge in [0.2, 0.25) is 6.79 Å². The van der Waals surface area contributed by atoms with Crippen LogP contribution in [0.15, 0.2) is 47.8 Å². The highest BCUT2D eigenvalue weighted by molar-refractivity contribution is 7.11. The molecule has 0 atom stereocenters. The zero-order chi connectivity index (χ0) is 20.1. The minimum Gasteiger partial charge on any atom is -0.494 e. The molecule has 0 bridgehead atoms.